The van der Waals surface area contributed by atoms with Gasteiger partial charge in [0.15, 0.2) is 0 Å². The third-order valence-corrected chi connectivity index (χ3v) is 2.77. The zero-order chi connectivity index (χ0) is 11.5. The molecule has 0 radical (unpaired) electrons. The topological polar surface area (TPSA) is 9.23 Å². The van der Waals surface area contributed by atoms with Crippen molar-refractivity contribution in [1.29, 1.82) is 0 Å². The number of hydrogen-bond acceptors (Lipinski definition) is 1. The monoisotopic (exact) mass is 211 g/mol. The van der Waals surface area contributed by atoms with Gasteiger partial charge in [-0.3, -0.25) is 0 Å². The van der Waals surface area contributed by atoms with Crippen molar-refractivity contribution in [2.24, 2.45) is 0 Å². The van der Waals surface area contributed by atoms with Crippen LogP contribution in [-0.4, -0.2) is 7.11 Å². The normalized spacial score (nSPS) is 10.1. The first-order chi connectivity index (χ1) is 7.70. The molecule has 0 unspecified atom stereocenters. The Bertz CT molecular complexity index is 483. The second kappa shape index (κ2) is 4.31. The lowest BCUT2D eigenvalue weighted by atomic mass is 10.0. The Morgan fingerprint density at radius 1 is 0.938 bits per heavy atom. The van der Waals surface area contributed by atoms with Crippen LogP contribution in [-0.2, 0) is 0 Å². The fourth-order valence-corrected chi connectivity index (χ4v) is 1.66. The molecular weight excluding hydrogens is 196 g/mol. The third kappa shape index (κ3) is 2.03. The van der Waals surface area contributed by atoms with Crippen molar-refractivity contribution >= 4 is 0 Å². The van der Waals surface area contributed by atoms with Crippen LogP contribution in [0.5, 0.6) is 5.75 Å². The lowest BCUT2D eigenvalue weighted by Crippen LogP contribution is -1.85. The summed E-state index contributed by atoms with van der Waals surface area (Å²) in [5, 5.41) is 0. The fraction of sp³-hybridized carbons (Fsp3) is 0.133. The maximum absolute atomic E-state index is 5.14. The van der Waals surface area contributed by atoms with Crippen molar-refractivity contribution in [3.63, 3.8) is 0 Å². The van der Waals surface area contributed by atoms with E-state index >= 15 is 0 Å². The number of aryl methyl sites for hydroxylation is 1. The van der Waals surface area contributed by atoms with Gasteiger partial charge in [-0.2, -0.15) is 24.1 Å². The van der Waals surface area contributed by atoms with Gasteiger partial charge in [0.25, 0.3) is 0 Å². The Labute approximate surface area is 96.7 Å². The average molecular weight is 211 g/mol. The number of ether oxygens (including phenoxy) is 1. The van der Waals surface area contributed by atoms with Crippen LogP contribution >= 0.6 is 0 Å². The predicted molar refractivity (Wildman–Crippen MR) is 67.6 cm³/mol. The summed E-state index contributed by atoms with van der Waals surface area (Å²) in [5.41, 5.74) is 4.71. The van der Waals surface area contributed by atoms with E-state index in [9.17, 15) is 0 Å². The molecule has 0 fully saturated rings. The van der Waals surface area contributed by atoms with E-state index in [4.69, 9.17) is 4.74 Å². The van der Waals surface area contributed by atoms with E-state index in [1.54, 1.807) is 7.11 Å². The summed E-state index contributed by atoms with van der Waals surface area (Å²) < 4.78 is 5.14. The summed E-state index contributed by atoms with van der Waals surface area (Å²) in [7, 11) is 1.68. The molecule has 2 aromatic carbocycles. The number of rotatable bonds is 2. The van der Waals surface area contributed by atoms with Crippen LogP contribution in [0.4, 0.5) is 0 Å². The molecule has 1 heteroatoms. The zero-order valence-electron chi connectivity index (χ0n) is 9.66. The highest BCUT2D eigenvalue weighted by Gasteiger charge is 1.96. The van der Waals surface area contributed by atoms with Crippen LogP contribution in [0.2, 0.25) is 0 Å². The van der Waals surface area contributed by atoms with Gasteiger partial charge in [0, 0.05) is 0 Å². The van der Waals surface area contributed by atoms with Crippen molar-refractivity contribution < 1.29 is 4.74 Å². The van der Waals surface area contributed by atoms with Gasteiger partial charge in [-0.05, 0) is 23.3 Å². The first kappa shape index (κ1) is 10.6. The minimum absolute atomic E-state index is 0.884. The first-order valence-electron chi connectivity index (χ1n) is 5.28. The molecule has 0 bridgehead atoms. The fourth-order valence-electron chi connectivity index (χ4n) is 1.66. The van der Waals surface area contributed by atoms with Gasteiger partial charge in [-0.1, -0.05) is 19.1 Å². The summed E-state index contributed by atoms with van der Waals surface area (Å²) in [5.74, 6) is 0.884. The van der Waals surface area contributed by atoms with Crippen LogP contribution < -0.4 is 4.74 Å². The van der Waals surface area contributed by atoms with Crippen LogP contribution in [0.3, 0.4) is 0 Å². The Kier molecular flexibility index (Phi) is 2.86. The minimum Gasteiger partial charge on any atom is -0.497 e. The van der Waals surface area contributed by atoms with E-state index in [1.807, 2.05) is 12.1 Å². The molecule has 0 atom stereocenters. The Morgan fingerprint density at radius 2 is 1.56 bits per heavy atom. The molecule has 0 spiro atoms. The second-order valence-electron chi connectivity index (χ2n) is 3.87. The number of benzene rings is 2. The molecule has 0 aromatic heterocycles. The predicted octanol–water partition coefficient (Wildman–Crippen LogP) is 3.85. The molecule has 2 aromatic rings. The minimum atomic E-state index is 0.884. The van der Waals surface area contributed by atoms with E-state index in [1.165, 1.54) is 16.7 Å². The van der Waals surface area contributed by atoms with Gasteiger partial charge >= 0.3 is 0 Å². The summed E-state index contributed by atoms with van der Waals surface area (Å²) in [6.45, 7) is 6.04. The summed E-state index contributed by atoms with van der Waals surface area (Å²) in [6, 6.07) is 14.4. The molecule has 16 heavy (non-hydrogen) atoms. The highest BCUT2D eigenvalue weighted by atomic mass is 16.5. The molecule has 1 nitrogen and oxygen atoms in total. The van der Waals surface area contributed by atoms with Gasteiger partial charge in [-0.15, -0.1) is 12.1 Å². The summed E-state index contributed by atoms with van der Waals surface area (Å²) >= 11 is 0. The van der Waals surface area contributed by atoms with E-state index in [2.05, 4.69) is 44.2 Å². The molecular formula is C15H15O-. The lowest BCUT2D eigenvalue weighted by Gasteiger charge is -2.11. The van der Waals surface area contributed by atoms with Crippen LogP contribution in [0, 0.1) is 13.8 Å². The Balaban J connectivity index is 2.38. The molecule has 0 amide bonds. The molecule has 0 heterocycles. The van der Waals surface area contributed by atoms with Crippen LogP contribution in [0.1, 0.15) is 11.1 Å². The maximum atomic E-state index is 5.14. The zero-order valence-corrected chi connectivity index (χ0v) is 9.66. The van der Waals surface area contributed by atoms with Gasteiger partial charge in [0.2, 0.25) is 0 Å². The molecule has 0 aliphatic carbocycles. The van der Waals surface area contributed by atoms with Crippen molar-refractivity contribution in [1.82, 2.24) is 0 Å². The Hall–Kier alpha value is -1.89. The van der Waals surface area contributed by atoms with Crippen molar-refractivity contribution in [2.75, 3.05) is 7.11 Å². The van der Waals surface area contributed by atoms with Gasteiger partial charge in [0.1, 0.15) is 5.75 Å². The first-order valence-corrected chi connectivity index (χ1v) is 5.28. The largest absolute Gasteiger partial charge is 0.497 e. The molecule has 82 valence electrons. The molecule has 0 saturated heterocycles. The van der Waals surface area contributed by atoms with Gasteiger partial charge in [-0.25, -0.2) is 0 Å². The highest BCUT2D eigenvalue weighted by molar-refractivity contribution is 5.65. The summed E-state index contributed by atoms with van der Waals surface area (Å²) in [6.07, 6.45) is 0. The number of methoxy groups -OCH3 is 1. The van der Waals surface area contributed by atoms with E-state index < -0.39 is 0 Å². The average Bonchev–Trinajstić information content (AvgIpc) is 2.33. The maximum Gasteiger partial charge on any atom is 0.118 e. The van der Waals surface area contributed by atoms with Crippen molar-refractivity contribution in [2.45, 2.75) is 6.92 Å². The summed E-state index contributed by atoms with van der Waals surface area (Å²) in [4.78, 5) is 0. The second-order valence-corrected chi connectivity index (χ2v) is 3.87. The highest BCUT2D eigenvalue weighted by Crippen LogP contribution is 2.24. The van der Waals surface area contributed by atoms with Crippen LogP contribution in [0.15, 0.2) is 42.5 Å². The van der Waals surface area contributed by atoms with E-state index in [0.717, 1.165) is 11.3 Å². The third-order valence-electron chi connectivity index (χ3n) is 2.77. The van der Waals surface area contributed by atoms with Gasteiger partial charge in [0.05, 0.1) is 7.11 Å². The van der Waals surface area contributed by atoms with E-state index in [0.29, 0.717) is 0 Å². The standard InChI is InChI=1S/C15H15O/c1-11-4-5-14(10-12(11)2)13-6-8-15(16-3)9-7-13/h4-10H,1H2,2-3H3/q-1. The smallest absolute Gasteiger partial charge is 0.118 e. The quantitative estimate of drug-likeness (QED) is 0.685. The molecule has 2 rings (SSSR count). The number of hydrogen-bond donors (Lipinski definition) is 0. The lowest BCUT2D eigenvalue weighted by molar-refractivity contribution is 0.415. The molecule has 0 aliphatic heterocycles. The molecule has 0 N–H and O–H groups in total. The van der Waals surface area contributed by atoms with Gasteiger partial charge < -0.3 is 4.74 Å². The van der Waals surface area contributed by atoms with E-state index in [-0.39, 0.29) is 0 Å². The van der Waals surface area contributed by atoms with Crippen molar-refractivity contribution in [3.05, 3.63) is 60.5 Å². The SMILES string of the molecule is [CH2-]c1ccc(-c2ccc(OC)cc2)cc1C. The van der Waals surface area contributed by atoms with Crippen molar-refractivity contribution in [3.8, 4) is 16.9 Å². The Morgan fingerprint density at radius 3 is 2.12 bits per heavy atom. The molecule has 0 aliphatic rings. The molecule has 0 saturated carbocycles. The van der Waals surface area contributed by atoms with Crippen LogP contribution in [0.25, 0.3) is 11.1 Å².